The van der Waals surface area contributed by atoms with Gasteiger partial charge in [0.05, 0.1) is 5.69 Å². The van der Waals surface area contributed by atoms with Crippen LogP contribution in [-0.2, 0) is 6.42 Å². The number of amidine groups is 1. The second-order valence-electron chi connectivity index (χ2n) is 5.31. The average Bonchev–Trinajstić information content (AvgIpc) is 2.69. The van der Waals surface area contributed by atoms with E-state index in [2.05, 4.69) is 29.2 Å². The Morgan fingerprint density at radius 2 is 1.90 bits per heavy atom. The zero-order valence-corrected chi connectivity index (χ0v) is 12.5. The monoisotopic (exact) mass is 299 g/mol. The molecule has 3 N–H and O–H groups in total. The minimum absolute atomic E-state index is 0.0502. The maximum atomic E-state index is 7.82. The number of nitrogens with one attached hydrogen (secondary N) is 1. The third-order valence-corrected chi connectivity index (χ3v) is 4.13. The first-order chi connectivity index (χ1) is 10.2. The molecule has 2 aromatic carbocycles. The summed E-state index contributed by atoms with van der Waals surface area (Å²) >= 11 is 6.06. The summed E-state index contributed by atoms with van der Waals surface area (Å²) in [5.41, 5.74) is 9.96. The third-order valence-electron chi connectivity index (χ3n) is 3.90. The van der Waals surface area contributed by atoms with Crippen molar-refractivity contribution in [2.75, 3.05) is 11.4 Å². The van der Waals surface area contributed by atoms with Crippen molar-refractivity contribution >= 4 is 28.8 Å². The number of hydrogen-bond acceptors (Lipinski definition) is 2. The minimum Gasteiger partial charge on any atom is -0.384 e. The van der Waals surface area contributed by atoms with Crippen LogP contribution < -0.4 is 10.6 Å². The Bertz CT molecular complexity index is 681. The van der Waals surface area contributed by atoms with Crippen LogP contribution >= 0.6 is 11.6 Å². The second-order valence-corrected chi connectivity index (χ2v) is 5.75. The summed E-state index contributed by atoms with van der Waals surface area (Å²) in [5, 5.41) is 8.43. The molecule has 0 fully saturated rings. The van der Waals surface area contributed by atoms with Gasteiger partial charge in [-0.25, -0.2) is 0 Å². The molecule has 2 aromatic rings. The smallest absolute Gasteiger partial charge is 0.124 e. The molecule has 1 heterocycles. The standard InChI is InChI=1S/C17H18ClN3/c18-13-8-9-16(14(11-13)17(19)20)21-10-4-3-6-12-5-1-2-7-15(12)21/h1-2,5,7-9,11H,3-4,6,10H2,(H3,19,20). The molecule has 0 saturated heterocycles. The number of fused-ring (bicyclic) bond motifs is 1. The van der Waals surface area contributed by atoms with Crippen LogP contribution in [0.4, 0.5) is 11.4 Å². The van der Waals surface area contributed by atoms with E-state index in [9.17, 15) is 0 Å². The normalized spacial score (nSPS) is 14.4. The van der Waals surface area contributed by atoms with Gasteiger partial charge in [0.15, 0.2) is 0 Å². The van der Waals surface area contributed by atoms with Crippen molar-refractivity contribution in [1.82, 2.24) is 0 Å². The summed E-state index contributed by atoms with van der Waals surface area (Å²) in [4.78, 5) is 2.26. The van der Waals surface area contributed by atoms with Crippen molar-refractivity contribution in [3.63, 3.8) is 0 Å². The van der Waals surface area contributed by atoms with Crippen molar-refractivity contribution in [2.45, 2.75) is 19.3 Å². The summed E-state index contributed by atoms with van der Waals surface area (Å²) < 4.78 is 0. The molecule has 3 nitrogen and oxygen atoms in total. The van der Waals surface area contributed by atoms with Crippen LogP contribution in [0.3, 0.4) is 0 Å². The molecule has 0 aromatic heterocycles. The second kappa shape index (κ2) is 5.78. The Morgan fingerprint density at radius 1 is 1.10 bits per heavy atom. The van der Waals surface area contributed by atoms with Gasteiger partial charge in [-0.1, -0.05) is 29.8 Å². The SMILES string of the molecule is N=C(N)c1cc(Cl)ccc1N1CCCCc2ccccc21. The van der Waals surface area contributed by atoms with E-state index in [4.69, 9.17) is 22.7 Å². The van der Waals surface area contributed by atoms with E-state index >= 15 is 0 Å². The number of halogens is 1. The highest BCUT2D eigenvalue weighted by Crippen LogP contribution is 2.35. The molecule has 108 valence electrons. The minimum atomic E-state index is 0.0502. The van der Waals surface area contributed by atoms with Crippen LogP contribution in [0.1, 0.15) is 24.0 Å². The first kappa shape index (κ1) is 14.0. The number of para-hydroxylation sites is 1. The molecule has 0 unspecified atom stereocenters. The van der Waals surface area contributed by atoms with Crippen molar-refractivity contribution in [3.8, 4) is 0 Å². The number of nitrogens with zero attached hydrogens (tertiary/aromatic N) is 1. The van der Waals surface area contributed by atoms with Gasteiger partial charge in [-0.05, 0) is 49.1 Å². The lowest BCUT2D eigenvalue weighted by molar-refractivity contribution is 0.761. The predicted octanol–water partition coefficient (Wildman–Crippen LogP) is 4.10. The summed E-state index contributed by atoms with van der Waals surface area (Å²) in [7, 11) is 0. The van der Waals surface area contributed by atoms with E-state index < -0.39 is 0 Å². The van der Waals surface area contributed by atoms with Crippen LogP contribution in [0, 0.1) is 5.41 Å². The van der Waals surface area contributed by atoms with Crippen LogP contribution in [-0.4, -0.2) is 12.4 Å². The fraction of sp³-hybridized carbons (Fsp3) is 0.235. The number of aryl methyl sites for hydroxylation is 1. The lowest BCUT2D eigenvalue weighted by Gasteiger charge is -2.27. The van der Waals surface area contributed by atoms with Gasteiger partial charge in [-0.3, -0.25) is 5.41 Å². The van der Waals surface area contributed by atoms with E-state index in [0.717, 1.165) is 25.1 Å². The molecule has 21 heavy (non-hydrogen) atoms. The number of anilines is 2. The van der Waals surface area contributed by atoms with E-state index in [1.807, 2.05) is 12.1 Å². The van der Waals surface area contributed by atoms with Crippen LogP contribution in [0.25, 0.3) is 0 Å². The molecule has 0 amide bonds. The fourth-order valence-electron chi connectivity index (χ4n) is 2.90. The number of benzene rings is 2. The lowest BCUT2D eigenvalue weighted by atomic mass is 10.1. The number of nitrogen functional groups attached to an aromatic ring is 1. The topological polar surface area (TPSA) is 53.1 Å². The highest BCUT2D eigenvalue weighted by Gasteiger charge is 2.19. The molecule has 0 aliphatic carbocycles. The van der Waals surface area contributed by atoms with Crippen molar-refractivity contribution in [3.05, 3.63) is 58.6 Å². The molecule has 1 aliphatic heterocycles. The zero-order chi connectivity index (χ0) is 14.8. The summed E-state index contributed by atoms with van der Waals surface area (Å²) in [5.74, 6) is 0.0502. The quantitative estimate of drug-likeness (QED) is 0.648. The van der Waals surface area contributed by atoms with Gasteiger partial charge >= 0.3 is 0 Å². The van der Waals surface area contributed by atoms with Gasteiger partial charge in [-0.15, -0.1) is 0 Å². The molecular weight excluding hydrogens is 282 g/mol. The average molecular weight is 300 g/mol. The highest BCUT2D eigenvalue weighted by molar-refractivity contribution is 6.31. The van der Waals surface area contributed by atoms with E-state index in [0.29, 0.717) is 10.6 Å². The van der Waals surface area contributed by atoms with Gasteiger partial charge in [-0.2, -0.15) is 0 Å². The Kier molecular flexibility index (Phi) is 3.84. The molecule has 0 spiro atoms. The van der Waals surface area contributed by atoms with Crippen LogP contribution in [0.5, 0.6) is 0 Å². The highest BCUT2D eigenvalue weighted by atomic mass is 35.5. The number of hydrogen-bond donors (Lipinski definition) is 2. The Morgan fingerprint density at radius 3 is 2.71 bits per heavy atom. The number of nitrogens with two attached hydrogens (primary N) is 1. The van der Waals surface area contributed by atoms with Crippen molar-refractivity contribution in [1.29, 1.82) is 5.41 Å². The van der Waals surface area contributed by atoms with E-state index in [-0.39, 0.29) is 5.84 Å². The predicted molar refractivity (Wildman–Crippen MR) is 88.9 cm³/mol. The molecule has 1 aliphatic rings. The summed E-state index contributed by atoms with van der Waals surface area (Å²) in [6, 6.07) is 14.0. The largest absolute Gasteiger partial charge is 0.384 e. The van der Waals surface area contributed by atoms with E-state index in [1.165, 1.54) is 17.7 Å². The zero-order valence-electron chi connectivity index (χ0n) is 11.8. The molecule has 0 atom stereocenters. The van der Waals surface area contributed by atoms with Crippen LogP contribution in [0.2, 0.25) is 5.02 Å². The summed E-state index contributed by atoms with van der Waals surface area (Å²) in [6.45, 7) is 0.929. The van der Waals surface area contributed by atoms with Crippen molar-refractivity contribution in [2.24, 2.45) is 5.73 Å². The van der Waals surface area contributed by atoms with Gasteiger partial charge in [0.1, 0.15) is 5.84 Å². The molecule has 0 saturated carbocycles. The Labute approximate surface area is 129 Å². The maximum Gasteiger partial charge on any atom is 0.124 e. The molecule has 4 heteroatoms. The van der Waals surface area contributed by atoms with Crippen molar-refractivity contribution < 1.29 is 0 Å². The molecular formula is C17H18ClN3. The Balaban J connectivity index is 2.14. The van der Waals surface area contributed by atoms with Crippen LogP contribution in [0.15, 0.2) is 42.5 Å². The first-order valence-electron chi connectivity index (χ1n) is 7.16. The van der Waals surface area contributed by atoms with Gasteiger partial charge in [0.2, 0.25) is 0 Å². The third kappa shape index (κ3) is 2.74. The Hall–Kier alpha value is -2.00. The maximum absolute atomic E-state index is 7.82. The number of rotatable bonds is 2. The molecule has 0 bridgehead atoms. The van der Waals surface area contributed by atoms with Gasteiger partial charge in [0, 0.05) is 22.8 Å². The lowest BCUT2D eigenvalue weighted by Crippen LogP contribution is -2.23. The molecule has 0 radical (unpaired) electrons. The fourth-order valence-corrected chi connectivity index (χ4v) is 3.07. The van der Waals surface area contributed by atoms with Gasteiger partial charge in [0.25, 0.3) is 0 Å². The molecule has 3 rings (SSSR count). The van der Waals surface area contributed by atoms with Gasteiger partial charge < -0.3 is 10.6 Å². The van der Waals surface area contributed by atoms with E-state index in [1.54, 1.807) is 6.07 Å². The summed E-state index contributed by atoms with van der Waals surface area (Å²) in [6.07, 6.45) is 3.39. The first-order valence-corrected chi connectivity index (χ1v) is 7.54.